The topological polar surface area (TPSA) is 90.1 Å². The van der Waals surface area contributed by atoms with Crippen molar-refractivity contribution in [2.75, 3.05) is 12.3 Å². The molecule has 0 spiro atoms. The van der Waals surface area contributed by atoms with Crippen molar-refractivity contribution in [2.24, 2.45) is 0 Å². The maximum Gasteiger partial charge on any atom is 0.333 e. The molecule has 1 aromatic heterocycles. The lowest BCUT2D eigenvalue weighted by molar-refractivity contribution is 0.0838. The molecule has 1 heterocycles. The standard InChI is InChI=1S/C16H15N3O3/c1-10-3-2-4-12(7-10)22-9-15(20)19-14-6-5-11(17)8-13(14)18-16(19)21/h2-8H,9,17H2,1H3,(H,18,21). The summed E-state index contributed by atoms with van der Waals surface area (Å²) in [6, 6.07) is 12.2. The molecule has 0 radical (unpaired) electrons. The van der Waals surface area contributed by atoms with Crippen molar-refractivity contribution in [3.05, 3.63) is 58.5 Å². The molecular formula is C16H15N3O3. The summed E-state index contributed by atoms with van der Waals surface area (Å²) in [6.07, 6.45) is 0. The number of H-pyrrole nitrogens is 1. The van der Waals surface area contributed by atoms with E-state index in [0.717, 1.165) is 10.1 Å². The highest BCUT2D eigenvalue weighted by Gasteiger charge is 2.14. The Labute approximate surface area is 126 Å². The number of rotatable bonds is 3. The van der Waals surface area contributed by atoms with E-state index in [9.17, 15) is 9.59 Å². The quantitative estimate of drug-likeness (QED) is 0.723. The molecule has 0 fully saturated rings. The molecule has 0 aliphatic carbocycles. The molecule has 112 valence electrons. The first kappa shape index (κ1) is 13.9. The highest BCUT2D eigenvalue weighted by molar-refractivity contribution is 5.91. The van der Waals surface area contributed by atoms with E-state index in [2.05, 4.69) is 4.98 Å². The molecule has 3 N–H and O–H groups in total. The summed E-state index contributed by atoms with van der Waals surface area (Å²) in [7, 11) is 0. The predicted molar refractivity (Wildman–Crippen MR) is 84.3 cm³/mol. The molecule has 6 nitrogen and oxygen atoms in total. The number of fused-ring (bicyclic) bond motifs is 1. The van der Waals surface area contributed by atoms with Gasteiger partial charge in [-0.25, -0.2) is 9.36 Å². The number of nitrogen functional groups attached to an aromatic ring is 1. The lowest BCUT2D eigenvalue weighted by Crippen LogP contribution is -2.28. The number of hydrogen-bond donors (Lipinski definition) is 2. The summed E-state index contributed by atoms with van der Waals surface area (Å²) in [4.78, 5) is 26.8. The monoisotopic (exact) mass is 297 g/mol. The van der Waals surface area contributed by atoms with Gasteiger partial charge in [0, 0.05) is 5.69 Å². The van der Waals surface area contributed by atoms with Crippen LogP contribution in [0, 0.1) is 6.92 Å². The van der Waals surface area contributed by atoms with E-state index in [4.69, 9.17) is 10.5 Å². The molecule has 0 amide bonds. The number of aryl methyl sites for hydroxylation is 1. The van der Waals surface area contributed by atoms with E-state index in [-0.39, 0.29) is 6.61 Å². The van der Waals surface area contributed by atoms with E-state index in [1.807, 2.05) is 25.1 Å². The summed E-state index contributed by atoms with van der Waals surface area (Å²) < 4.78 is 6.51. The van der Waals surface area contributed by atoms with Gasteiger partial charge in [0.25, 0.3) is 5.91 Å². The summed E-state index contributed by atoms with van der Waals surface area (Å²) in [5.41, 5.74) is 7.72. The van der Waals surface area contributed by atoms with Crippen LogP contribution in [0.2, 0.25) is 0 Å². The molecule has 0 bridgehead atoms. The van der Waals surface area contributed by atoms with Crippen molar-refractivity contribution in [3.8, 4) is 5.75 Å². The van der Waals surface area contributed by atoms with Crippen molar-refractivity contribution in [2.45, 2.75) is 6.92 Å². The van der Waals surface area contributed by atoms with Crippen LogP contribution in [0.15, 0.2) is 47.3 Å². The lowest BCUT2D eigenvalue weighted by atomic mass is 10.2. The highest BCUT2D eigenvalue weighted by atomic mass is 16.5. The first-order valence-corrected chi connectivity index (χ1v) is 6.77. The summed E-state index contributed by atoms with van der Waals surface area (Å²) >= 11 is 0. The van der Waals surface area contributed by atoms with Crippen LogP contribution in [0.1, 0.15) is 10.4 Å². The minimum Gasteiger partial charge on any atom is -0.484 e. The van der Waals surface area contributed by atoms with Gasteiger partial charge in [-0.2, -0.15) is 0 Å². The number of carbonyl (C=O) groups is 1. The molecule has 0 atom stereocenters. The van der Waals surface area contributed by atoms with Crippen molar-refractivity contribution in [1.82, 2.24) is 9.55 Å². The van der Waals surface area contributed by atoms with Gasteiger partial charge in [0.15, 0.2) is 6.61 Å². The van der Waals surface area contributed by atoms with Gasteiger partial charge < -0.3 is 15.5 Å². The minimum atomic E-state index is -0.501. The van der Waals surface area contributed by atoms with Gasteiger partial charge in [-0.15, -0.1) is 0 Å². The van der Waals surface area contributed by atoms with Crippen LogP contribution in [0.5, 0.6) is 5.75 Å². The third-order valence-electron chi connectivity index (χ3n) is 3.31. The number of nitrogens with zero attached hydrogens (tertiary/aromatic N) is 1. The molecule has 3 aromatic rings. The third-order valence-corrected chi connectivity index (χ3v) is 3.31. The van der Waals surface area contributed by atoms with Gasteiger partial charge in [0.05, 0.1) is 11.0 Å². The molecule has 0 unspecified atom stereocenters. The minimum absolute atomic E-state index is 0.222. The molecule has 22 heavy (non-hydrogen) atoms. The number of imidazole rings is 1. The Kier molecular flexibility index (Phi) is 3.42. The number of aromatic amines is 1. The first-order chi connectivity index (χ1) is 10.5. The largest absolute Gasteiger partial charge is 0.484 e. The fourth-order valence-electron chi connectivity index (χ4n) is 2.29. The zero-order chi connectivity index (χ0) is 15.7. The van der Waals surface area contributed by atoms with E-state index < -0.39 is 11.6 Å². The fourth-order valence-corrected chi connectivity index (χ4v) is 2.29. The number of nitrogens with two attached hydrogens (primary N) is 1. The number of ether oxygens (including phenoxy) is 1. The van der Waals surface area contributed by atoms with Gasteiger partial charge in [-0.05, 0) is 42.8 Å². The van der Waals surface area contributed by atoms with E-state index >= 15 is 0 Å². The van der Waals surface area contributed by atoms with Gasteiger partial charge in [0.1, 0.15) is 5.75 Å². The molecule has 3 rings (SSSR count). The SMILES string of the molecule is Cc1cccc(OCC(=O)n2c(=O)[nH]c3cc(N)ccc32)c1. The van der Waals surface area contributed by atoms with Crippen LogP contribution >= 0.6 is 0 Å². The molecule has 2 aromatic carbocycles. The number of nitrogens with one attached hydrogen (secondary N) is 1. The van der Waals surface area contributed by atoms with Crippen molar-refractivity contribution >= 4 is 22.6 Å². The Hall–Kier alpha value is -3.02. The maximum atomic E-state index is 12.3. The van der Waals surface area contributed by atoms with E-state index in [1.165, 1.54) is 0 Å². The van der Waals surface area contributed by atoms with Crippen LogP contribution < -0.4 is 16.2 Å². The Balaban J connectivity index is 1.86. The van der Waals surface area contributed by atoms with Gasteiger partial charge in [-0.3, -0.25) is 4.79 Å². The number of aromatic nitrogens is 2. The van der Waals surface area contributed by atoms with Crippen LogP contribution in [0.4, 0.5) is 5.69 Å². The molecule has 6 heteroatoms. The number of benzene rings is 2. The number of carbonyl (C=O) groups excluding carboxylic acids is 1. The zero-order valence-electron chi connectivity index (χ0n) is 12.0. The molecule has 0 saturated heterocycles. The Morgan fingerprint density at radius 1 is 1.27 bits per heavy atom. The Morgan fingerprint density at radius 2 is 2.09 bits per heavy atom. The third kappa shape index (κ3) is 2.58. The molecular weight excluding hydrogens is 282 g/mol. The summed E-state index contributed by atoms with van der Waals surface area (Å²) in [5, 5.41) is 0. The Bertz CT molecular complexity index is 908. The fraction of sp³-hybridized carbons (Fsp3) is 0.125. The van der Waals surface area contributed by atoms with Gasteiger partial charge >= 0.3 is 5.69 Å². The second-order valence-corrected chi connectivity index (χ2v) is 5.04. The van der Waals surface area contributed by atoms with Crippen LogP contribution in [0.25, 0.3) is 11.0 Å². The predicted octanol–water partition coefficient (Wildman–Crippen LogP) is 1.94. The normalized spacial score (nSPS) is 10.8. The molecule has 0 saturated carbocycles. The van der Waals surface area contributed by atoms with Gasteiger partial charge in [0.2, 0.25) is 0 Å². The van der Waals surface area contributed by atoms with Gasteiger partial charge in [-0.1, -0.05) is 12.1 Å². The average molecular weight is 297 g/mol. The highest BCUT2D eigenvalue weighted by Crippen LogP contribution is 2.15. The lowest BCUT2D eigenvalue weighted by Gasteiger charge is -2.06. The zero-order valence-corrected chi connectivity index (χ0v) is 12.0. The van der Waals surface area contributed by atoms with E-state index in [0.29, 0.717) is 22.5 Å². The smallest absolute Gasteiger partial charge is 0.333 e. The molecule has 0 aliphatic heterocycles. The summed E-state index contributed by atoms with van der Waals surface area (Å²) in [6.45, 7) is 1.71. The van der Waals surface area contributed by atoms with Crippen LogP contribution in [0.3, 0.4) is 0 Å². The first-order valence-electron chi connectivity index (χ1n) is 6.77. The second-order valence-electron chi connectivity index (χ2n) is 5.04. The Morgan fingerprint density at radius 3 is 2.86 bits per heavy atom. The second kappa shape index (κ2) is 5.40. The van der Waals surface area contributed by atoms with Crippen LogP contribution in [-0.2, 0) is 0 Å². The van der Waals surface area contributed by atoms with Crippen molar-refractivity contribution in [3.63, 3.8) is 0 Å². The maximum absolute atomic E-state index is 12.3. The van der Waals surface area contributed by atoms with Crippen molar-refractivity contribution in [1.29, 1.82) is 0 Å². The van der Waals surface area contributed by atoms with Crippen LogP contribution in [-0.4, -0.2) is 22.1 Å². The number of hydrogen-bond acceptors (Lipinski definition) is 4. The molecule has 0 aliphatic rings. The van der Waals surface area contributed by atoms with Crippen molar-refractivity contribution < 1.29 is 9.53 Å². The average Bonchev–Trinajstić information content (AvgIpc) is 2.80. The number of anilines is 1. The van der Waals surface area contributed by atoms with E-state index in [1.54, 1.807) is 24.3 Å². The summed E-state index contributed by atoms with van der Waals surface area (Å²) in [5.74, 6) is 0.146.